The second-order valence-corrected chi connectivity index (χ2v) is 6.10. The topological polar surface area (TPSA) is 86.7 Å². The van der Waals surface area contributed by atoms with E-state index < -0.39 is 17.8 Å². The summed E-state index contributed by atoms with van der Waals surface area (Å²) in [5.74, 6) is -2.05. The van der Waals surface area contributed by atoms with Crippen molar-refractivity contribution in [2.45, 2.75) is 6.42 Å². The zero-order chi connectivity index (χ0) is 17.0. The largest absolute Gasteiger partial charge is 0.481 e. The molecule has 0 aromatic rings. The van der Waals surface area contributed by atoms with Crippen LogP contribution in [-0.2, 0) is 14.4 Å². The number of rotatable bonds is 6. The van der Waals surface area contributed by atoms with E-state index in [0.717, 1.165) is 22.2 Å². The van der Waals surface area contributed by atoms with E-state index in [-0.39, 0.29) is 23.0 Å². The molecule has 0 aromatic heterocycles. The van der Waals surface area contributed by atoms with Crippen LogP contribution < -0.4 is 5.32 Å². The molecule has 120 valence electrons. The number of thiocarbonyl (C=S) groups is 1. The molecule has 0 unspecified atom stereocenters. The maximum atomic E-state index is 12.4. The van der Waals surface area contributed by atoms with E-state index in [1.807, 2.05) is 6.08 Å². The van der Waals surface area contributed by atoms with Gasteiger partial charge in [0.25, 0.3) is 11.8 Å². The number of hydrogen-bond donors (Lipinski definition) is 2. The Morgan fingerprint density at radius 2 is 2.26 bits per heavy atom. The predicted octanol–water partition coefficient (Wildman–Crippen LogP) is 1.37. The molecule has 1 heterocycles. The van der Waals surface area contributed by atoms with Gasteiger partial charge >= 0.3 is 5.97 Å². The van der Waals surface area contributed by atoms with Gasteiger partial charge in [-0.3, -0.25) is 24.6 Å². The molecule has 0 bridgehead atoms. The lowest BCUT2D eigenvalue weighted by Gasteiger charge is -2.27. The first-order valence-corrected chi connectivity index (χ1v) is 8.07. The number of thioether (sulfide) groups is 1. The van der Waals surface area contributed by atoms with Gasteiger partial charge in [0.1, 0.15) is 5.57 Å². The smallest absolute Gasteiger partial charge is 0.313 e. The van der Waals surface area contributed by atoms with Gasteiger partial charge in [-0.1, -0.05) is 18.2 Å². The summed E-state index contributed by atoms with van der Waals surface area (Å²) in [5, 5.41) is 11.3. The lowest BCUT2D eigenvalue weighted by atomic mass is 10.1. The molecule has 2 rings (SSSR count). The van der Waals surface area contributed by atoms with E-state index >= 15 is 0 Å². The lowest BCUT2D eigenvalue weighted by molar-refractivity contribution is -0.134. The highest BCUT2D eigenvalue weighted by Gasteiger charge is 2.33. The van der Waals surface area contributed by atoms with E-state index in [4.69, 9.17) is 17.3 Å². The normalized spacial score (nSPS) is 19.6. The third-order valence-electron chi connectivity index (χ3n) is 3.09. The molecular weight excluding hydrogens is 336 g/mol. The molecule has 2 N–H and O–H groups in total. The van der Waals surface area contributed by atoms with E-state index in [1.54, 1.807) is 6.08 Å². The van der Waals surface area contributed by atoms with Gasteiger partial charge in [0.2, 0.25) is 0 Å². The molecule has 2 amide bonds. The Morgan fingerprint density at radius 3 is 2.91 bits per heavy atom. The summed E-state index contributed by atoms with van der Waals surface area (Å²) >= 11 is 6.13. The van der Waals surface area contributed by atoms with Crippen molar-refractivity contribution >= 4 is 46.9 Å². The Labute approximate surface area is 142 Å². The molecule has 1 aliphatic heterocycles. The Balaban J connectivity index is 2.29. The quantitative estimate of drug-likeness (QED) is 0.326. The van der Waals surface area contributed by atoms with Gasteiger partial charge in [0.15, 0.2) is 5.11 Å². The van der Waals surface area contributed by atoms with Crippen molar-refractivity contribution in [3.63, 3.8) is 0 Å². The van der Waals surface area contributed by atoms with Crippen LogP contribution in [0.3, 0.4) is 0 Å². The highest BCUT2D eigenvalue weighted by Crippen LogP contribution is 2.30. The second kappa shape index (κ2) is 7.38. The van der Waals surface area contributed by atoms with Gasteiger partial charge in [0.05, 0.1) is 5.75 Å². The van der Waals surface area contributed by atoms with Gasteiger partial charge in [-0.25, -0.2) is 0 Å². The Morgan fingerprint density at radius 1 is 1.52 bits per heavy atom. The van der Waals surface area contributed by atoms with E-state index in [1.165, 1.54) is 17.1 Å². The molecule has 0 radical (unpaired) electrons. The third-order valence-corrected chi connectivity index (χ3v) is 4.51. The van der Waals surface area contributed by atoms with Gasteiger partial charge in [-0.15, -0.1) is 18.3 Å². The number of nitrogens with zero attached hydrogens (tertiary/aromatic N) is 1. The summed E-state index contributed by atoms with van der Waals surface area (Å²) in [6, 6.07) is 0. The maximum Gasteiger partial charge on any atom is 0.313 e. The second-order valence-electron chi connectivity index (χ2n) is 4.70. The van der Waals surface area contributed by atoms with E-state index in [9.17, 15) is 14.4 Å². The summed E-state index contributed by atoms with van der Waals surface area (Å²) in [5.41, 5.74) is 0.716. The fraction of sp³-hybridized carbons (Fsp3) is 0.200. The molecule has 8 heteroatoms. The van der Waals surface area contributed by atoms with Crippen LogP contribution in [0.1, 0.15) is 6.42 Å². The van der Waals surface area contributed by atoms with Crippen molar-refractivity contribution in [1.82, 2.24) is 10.2 Å². The van der Waals surface area contributed by atoms with Gasteiger partial charge in [0, 0.05) is 11.4 Å². The number of amides is 2. The number of carboxylic acid groups (broad SMARTS) is 1. The molecule has 2 aliphatic rings. The molecule has 0 atom stereocenters. The van der Waals surface area contributed by atoms with Crippen molar-refractivity contribution < 1.29 is 19.5 Å². The number of aliphatic carboxylic acids is 1. The molecule has 1 fully saturated rings. The first-order chi connectivity index (χ1) is 10.9. The number of nitrogens with one attached hydrogen (secondary N) is 1. The molecule has 0 aromatic carbocycles. The van der Waals surface area contributed by atoms with Crippen LogP contribution in [-0.4, -0.2) is 45.2 Å². The number of hydrogen-bond acceptors (Lipinski definition) is 5. The highest BCUT2D eigenvalue weighted by atomic mass is 32.2. The average molecular weight is 350 g/mol. The van der Waals surface area contributed by atoms with E-state index in [0.29, 0.717) is 6.42 Å². The zero-order valence-corrected chi connectivity index (χ0v) is 13.7. The third kappa shape index (κ3) is 3.96. The van der Waals surface area contributed by atoms with Crippen LogP contribution in [0.5, 0.6) is 0 Å². The van der Waals surface area contributed by atoms with Crippen LogP contribution >= 0.6 is 24.0 Å². The molecule has 0 saturated carbocycles. The summed E-state index contributed by atoms with van der Waals surface area (Å²) in [4.78, 5) is 37.1. The van der Waals surface area contributed by atoms with E-state index in [2.05, 4.69) is 11.9 Å². The van der Waals surface area contributed by atoms with Gasteiger partial charge in [-0.05, 0) is 30.3 Å². The lowest BCUT2D eigenvalue weighted by Crippen LogP contribution is -2.54. The molecule has 1 saturated heterocycles. The summed E-state index contributed by atoms with van der Waals surface area (Å²) in [7, 11) is 0. The maximum absolute atomic E-state index is 12.4. The van der Waals surface area contributed by atoms with Gasteiger partial charge < -0.3 is 5.11 Å². The monoisotopic (exact) mass is 350 g/mol. The fourth-order valence-corrected chi connectivity index (χ4v) is 3.12. The minimum absolute atomic E-state index is 0.0208. The van der Waals surface area contributed by atoms with Crippen molar-refractivity contribution in [3.05, 3.63) is 46.9 Å². The Bertz CT molecular complexity index is 692. The molecule has 6 nitrogen and oxygen atoms in total. The van der Waals surface area contributed by atoms with Crippen molar-refractivity contribution in [1.29, 1.82) is 0 Å². The van der Waals surface area contributed by atoms with Crippen molar-refractivity contribution in [2.75, 3.05) is 12.3 Å². The number of carbonyl (C=O) groups is 3. The van der Waals surface area contributed by atoms with Crippen molar-refractivity contribution in [2.24, 2.45) is 0 Å². The molecule has 0 spiro atoms. The Hall–Kier alpha value is -2.19. The van der Waals surface area contributed by atoms with Crippen LogP contribution in [0.25, 0.3) is 0 Å². The Kier molecular flexibility index (Phi) is 5.51. The summed E-state index contributed by atoms with van der Waals surface area (Å²) in [6.07, 6.45) is 7.20. The molecular formula is C15H14N2O4S2. The zero-order valence-electron chi connectivity index (χ0n) is 12.1. The van der Waals surface area contributed by atoms with Crippen molar-refractivity contribution in [3.8, 4) is 0 Å². The minimum Gasteiger partial charge on any atom is -0.481 e. The van der Waals surface area contributed by atoms with Gasteiger partial charge in [-0.2, -0.15) is 0 Å². The van der Waals surface area contributed by atoms with Crippen LogP contribution in [0.2, 0.25) is 0 Å². The van der Waals surface area contributed by atoms with Crippen LogP contribution in [0.15, 0.2) is 46.9 Å². The number of allylic oxidation sites excluding steroid dienone is 4. The van der Waals surface area contributed by atoms with Crippen LogP contribution in [0, 0.1) is 0 Å². The molecule has 1 aliphatic carbocycles. The number of carbonyl (C=O) groups excluding carboxylic acids is 2. The molecule has 23 heavy (non-hydrogen) atoms. The SMILES string of the molecule is C=CCN1C(=O)C(=CC2=C(SCC(=O)O)C=CC2)C(=O)NC1=S. The van der Waals surface area contributed by atoms with Crippen LogP contribution in [0.4, 0.5) is 0 Å². The standard InChI is InChI=1S/C15H14N2O4S2/c1-2-6-17-14(21)10(13(20)16-15(17)22)7-9-4-3-5-11(9)23-8-12(18)19/h2-3,5,7H,1,4,6,8H2,(H,18,19)(H,16,20,22). The highest BCUT2D eigenvalue weighted by molar-refractivity contribution is 8.03. The average Bonchev–Trinajstić information content (AvgIpc) is 2.93. The first kappa shape index (κ1) is 17.2. The fourth-order valence-electron chi connectivity index (χ4n) is 2.07. The summed E-state index contributed by atoms with van der Waals surface area (Å²) in [6.45, 7) is 3.76. The summed E-state index contributed by atoms with van der Waals surface area (Å²) < 4.78 is 0. The predicted molar refractivity (Wildman–Crippen MR) is 91.6 cm³/mol. The first-order valence-electron chi connectivity index (χ1n) is 6.68. The minimum atomic E-state index is -0.927. The number of carboxylic acids is 1.